The number of nitrogen functional groups attached to an aromatic ring is 1. The number of halogens is 2. The Morgan fingerprint density at radius 2 is 2.00 bits per heavy atom. The van der Waals surface area contributed by atoms with Crippen LogP contribution >= 0.6 is 11.8 Å². The maximum atomic E-state index is 13.9. The van der Waals surface area contributed by atoms with Crippen LogP contribution in [-0.4, -0.2) is 7.11 Å². The summed E-state index contributed by atoms with van der Waals surface area (Å²) in [6.07, 6.45) is 0. The van der Waals surface area contributed by atoms with Crippen LogP contribution in [0.15, 0.2) is 41.3 Å². The van der Waals surface area contributed by atoms with E-state index in [1.54, 1.807) is 24.3 Å². The summed E-state index contributed by atoms with van der Waals surface area (Å²) in [4.78, 5) is 0.703. The summed E-state index contributed by atoms with van der Waals surface area (Å²) in [6, 6.07) is 9.52. The second-order valence-electron chi connectivity index (χ2n) is 3.91. The molecule has 0 amide bonds. The number of anilines is 1. The Balaban J connectivity index is 2.12. The molecular formula is C14H13F2NOS. The van der Waals surface area contributed by atoms with Gasteiger partial charge in [-0.3, -0.25) is 0 Å². The number of nitrogens with two attached hydrogens (primary N) is 1. The monoisotopic (exact) mass is 281 g/mol. The van der Waals surface area contributed by atoms with Crippen molar-refractivity contribution in [3.05, 3.63) is 53.6 Å². The van der Waals surface area contributed by atoms with E-state index in [1.165, 1.54) is 31.0 Å². The molecule has 0 aliphatic heterocycles. The zero-order chi connectivity index (χ0) is 13.8. The quantitative estimate of drug-likeness (QED) is 0.683. The summed E-state index contributed by atoms with van der Waals surface area (Å²) < 4.78 is 32.1. The van der Waals surface area contributed by atoms with Crippen molar-refractivity contribution in [1.82, 2.24) is 0 Å². The Bertz CT molecular complexity index is 590. The molecule has 2 aromatic rings. The van der Waals surface area contributed by atoms with Gasteiger partial charge in [0.1, 0.15) is 5.82 Å². The zero-order valence-corrected chi connectivity index (χ0v) is 11.1. The molecule has 2 rings (SSSR count). The first-order chi connectivity index (χ1) is 9.11. The largest absolute Gasteiger partial charge is 0.494 e. The smallest absolute Gasteiger partial charge is 0.169 e. The first-order valence-electron chi connectivity index (χ1n) is 5.61. The number of hydrogen-bond donors (Lipinski definition) is 1. The van der Waals surface area contributed by atoms with E-state index < -0.39 is 5.82 Å². The fraction of sp³-hybridized carbons (Fsp3) is 0.143. The van der Waals surface area contributed by atoms with Gasteiger partial charge < -0.3 is 10.5 Å². The predicted octanol–water partition coefficient (Wildman–Crippen LogP) is 3.85. The van der Waals surface area contributed by atoms with E-state index in [-0.39, 0.29) is 17.3 Å². The van der Waals surface area contributed by atoms with Crippen molar-refractivity contribution in [3.63, 3.8) is 0 Å². The number of ether oxygens (including phenoxy) is 1. The summed E-state index contributed by atoms with van der Waals surface area (Å²) >= 11 is 1.34. The van der Waals surface area contributed by atoms with Crippen LogP contribution in [0.2, 0.25) is 0 Å². The van der Waals surface area contributed by atoms with Gasteiger partial charge >= 0.3 is 0 Å². The molecule has 0 atom stereocenters. The topological polar surface area (TPSA) is 35.2 Å². The molecule has 0 aliphatic rings. The number of rotatable bonds is 4. The summed E-state index contributed by atoms with van der Waals surface area (Å²) in [5.74, 6) is -0.238. The minimum Gasteiger partial charge on any atom is -0.494 e. The highest BCUT2D eigenvalue weighted by atomic mass is 32.2. The molecule has 0 fully saturated rings. The van der Waals surface area contributed by atoms with Crippen LogP contribution in [0, 0.1) is 11.6 Å². The van der Waals surface area contributed by atoms with E-state index in [4.69, 9.17) is 10.5 Å². The molecule has 100 valence electrons. The van der Waals surface area contributed by atoms with Crippen molar-refractivity contribution < 1.29 is 13.5 Å². The maximum Gasteiger partial charge on any atom is 0.169 e. The van der Waals surface area contributed by atoms with Gasteiger partial charge in [0.15, 0.2) is 11.6 Å². The minimum atomic E-state index is -0.462. The van der Waals surface area contributed by atoms with Gasteiger partial charge in [-0.15, -0.1) is 11.8 Å². The average Bonchev–Trinajstić information content (AvgIpc) is 2.41. The van der Waals surface area contributed by atoms with Crippen LogP contribution in [0.25, 0.3) is 0 Å². The molecule has 0 radical (unpaired) electrons. The SMILES string of the molecule is COc1cccc(CSc2ccc(N)c(F)c2)c1F. The summed E-state index contributed by atoms with van der Waals surface area (Å²) in [6.45, 7) is 0. The molecule has 0 bridgehead atoms. The number of hydrogen-bond acceptors (Lipinski definition) is 3. The maximum absolute atomic E-state index is 13.9. The van der Waals surface area contributed by atoms with Crippen LogP contribution in [0.1, 0.15) is 5.56 Å². The number of thioether (sulfide) groups is 1. The van der Waals surface area contributed by atoms with Gasteiger partial charge in [-0.2, -0.15) is 0 Å². The standard InChI is InChI=1S/C14H13F2NOS/c1-18-13-4-2-3-9(14(13)16)8-19-10-5-6-12(17)11(15)7-10/h2-7H,8,17H2,1H3. The predicted molar refractivity (Wildman–Crippen MR) is 73.3 cm³/mol. The van der Waals surface area contributed by atoms with Gasteiger partial charge in [0.05, 0.1) is 12.8 Å². The van der Waals surface area contributed by atoms with Gasteiger partial charge in [-0.25, -0.2) is 8.78 Å². The van der Waals surface area contributed by atoms with E-state index in [1.807, 2.05) is 0 Å². The molecule has 5 heteroatoms. The lowest BCUT2D eigenvalue weighted by molar-refractivity contribution is 0.385. The molecule has 2 N–H and O–H groups in total. The van der Waals surface area contributed by atoms with Gasteiger partial charge in [-0.1, -0.05) is 12.1 Å². The lowest BCUT2D eigenvalue weighted by atomic mass is 10.2. The third-order valence-electron chi connectivity index (χ3n) is 2.63. The van der Waals surface area contributed by atoms with Crippen LogP contribution in [0.4, 0.5) is 14.5 Å². The molecule has 19 heavy (non-hydrogen) atoms. The summed E-state index contributed by atoms with van der Waals surface area (Å²) in [5, 5.41) is 0. The minimum absolute atomic E-state index is 0.108. The summed E-state index contributed by atoms with van der Waals surface area (Å²) in [7, 11) is 1.42. The Hall–Kier alpha value is -1.75. The molecule has 0 aliphatic carbocycles. The van der Waals surface area contributed by atoms with Gasteiger partial charge in [0.25, 0.3) is 0 Å². The average molecular weight is 281 g/mol. The van der Waals surface area contributed by atoms with Crippen molar-refractivity contribution in [2.45, 2.75) is 10.6 Å². The Kier molecular flexibility index (Phi) is 4.27. The van der Waals surface area contributed by atoms with E-state index in [2.05, 4.69) is 0 Å². The highest BCUT2D eigenvalue weighted by Crippen LogP contribution is 2.28. The first kappa shape index (κ1) is 13.7. The molecule has 0 heterocycles. The van der Waals surface area contributed by atoms with Crippen LogP contribution in [-0.2, 0) is 5.75 Å². The lowest BCUT2D eigenvalue weighted by Crippen LogP contribution is -1.94. The Morgan fingerprint density at radius 3 is 2.68 bits per heavy atom. The van der Waals surface area contributed by atoms with Crippen molar-refractivity contribution in [2.24, 2.45) is 0 Å². The molecular weight excluding hydrogens is 268 g/mol. The second-order valence-corrected chi connectivity index (χ2v) is 4.95. The zero-order valence-electron chi connectivity index (χ0n) is 10.3. The Labute approximate surface area is 114 Å². The molecule has 2 nitrogen and oxygen atoms in total. The molecule has 0 spiro atoms. The van der Waals surface area contributed by atoms with Crippen LogP contribution < -0.4 is 10.5 Å². The van der Waals surface area contributed by atoms with E-state index >= 15 is 0 Å². The highest BCUT2D eigenvalue weighted by molar-refractivity contribution is 7.98. The van der Waals surface area contributed by atoms with Crippen molar-refractivity contribution in [3.8, 4) is 5.75 Å². The van der Waals surface area contributed by atoms with Gasteiger partial charge in [-0.05, 0) is 24.3 Å². The Morgan fingerprint density at radius 1 is 1.21 bits per heavy atom. The number of methoxy groups -OCH3 is 1. The first-order valence-corrected chi connectivity index (χ1v) is 6.59. The van der Waals surface area contributed by atoms with Crippen LogP contribution in [0.5, 0.6) is 5.75 Å². The van der Waals surface area contributed by atoms with E-state index in [9.17, 15) is 8.78 Å². The molecule has 0 saturated heterocycles. The lowest BCUT2D eigenvalue weighted by Gasteiger charge is -2.07. The molecule has 2 aromatic carbocycles. The highest BCUT2D eigenvalue weighted by Gasteiger charge is 2.09. The second kappa shape index (κ2) is 5.93. The van der Waals surface area contributed by atoms with Crippen molar-refractivity contribution >= 4 is 17.4 Å². The molecule has 0 saturated carbocycles. The van der Waals surface area contributed by atoms with E-state index in [0.29, 0.717) is 16.2 Å². The van der Waals surface area contributed by atoms with Crippen molar-refractivity contribution in [2.75, 3.05) is 12.8 Å². The fourth-order valence-electron chi connectivity index (χ4n) is 1.58. The normalized spacial score (nSPS) is 10.5. The van der Waals surface area contributed by atoms with Crippen molar-refractivity contribution in [1.29, 1.82) is 0 Å². The third kappa shape index (κ3) is 3.17. The molecule has 0 aromatic heterocycles. The summed E-state index contributed by atoms with van der Waals surface area (Å²) in [5.41, 5.74) is 6.02. The fourth-order valence-corrected chi connectivity index (χ4v) is 2.48. The number of benzene rings is 2. The van der Waals surface area contributed by atoms with Crippen LogP contribution in [0.3, 0.4) is 0 Å². The van der Waals surface area contributed by atoms with Gasteiger partial charge in [0, 0.05) is 16.2 Å². The third-order valence-corrected chi connectivity index (χ3v) is 3.67. The van der Waals surface area contributed by atoms with Gasteiger partial charge in [0.2, 0.25) is 0 Å². The van der Waals surface area contributed by atoms with E-state index in [0.717, 1.165) is 0 Å². The molecule has 0 unspecified atom stereocenters.